The Kier molecular flexibility index (Phi) is 5.28. The maximum absolute atomic E-state index is 12.1. The molecule has 1 aliphatic heterocycles. The van der Waals surface area contributed by atoms with Crippen molar-refractivity contribution >= 4 is 21.6 Å². The zero-order chi connectivity index (χ0) is 17.0. The third kappa shape index (κ3) is 4.41. The summed E-state index contributed by atoms with van der Waals surface area (Å²) in [7, 11) is -3.40. The van der Waals surface area contributed by atoms with E-state index >= 15 is 0 Å². The minimum atomic E-state index is -3.40. The Hall–Kier alpha value is -1.76. The topological polar surface area (TPSA) is 64.6 Å². The van der Waals surface area contributed by atoms with E-state index in [-0.39, 0.29) is 12.5 Å². The van der Waals surface area contributed by atoms with E-state index in [1.807, 2.05) is 18.2 Å². The molecular formula is C17H18ClNO4S. The fraction of sp³-hybridized carbons (Fsp3) is 0.294. The number of fused-ring (bicyclic) bond motifs is 1. The zero-order valence-electron chi connectivity index (χ0n) is 13.0. The van der Waals surface area contributed by atoms with Gasteiger partial charge in [-0.25, -0.2) is 13.1 Å². The molecule has 1 aliphatic rings. The van der Waals surface area contributed by atoms with Crippen LogP contribution in [0.15, 0.2) is 42.5 Å². The van der Waals surface area contributed by atoms with Crippen molar-refractivity contribution in [3.8, 4) is 11.5 Å². The smallest absolute Gasteiger partial charge is 0.231 e. The Bertz CT molecular complexity index is 823. The summed E-state index contributed by atoms with van der Waals surface area (Å²) < 4.78 is 37.4. The first kappa shape index (κ1) is 17.1. The Labute approximate surface area is 146 Å². The maximum Gasteiger partial charge on any atom is 0.231 e. The number of hydrogen-bond donors (Lipinski definition) is 1. The lowest BCUT2D eigenvalue weighted by molar-refractivity contribution is 0.174. The molecule has 3 rings (SSSR count). The normalized spacial score (nSPS) is 13.2. The molecule has 0 atom stereocenters. The van der Waals surface area contributed by atoms with Gasteiger partial charge in [-0.2, -0.15) is 0 Å². The molecule has 5 nitrogen and oxygen atoms in total. The van der Waals surface area contributed by atoms with Crippen molar-refractivity contribution in [3.05, 3.63) is 58.6 Å². The SMILES string of the molecule is O=S(=O)(Cc1ccccc1Cl)NCCCc1ccc2c(c1)OCO2. The van der Waals surface area contributed by atoms with Crippen LogP contribution in [0.4, 0.5) is 0 Å². The molecule has 0 saturated carbocycles. The van der Waals surface area contributed by atoms with Crippen LogP contribution in [-0.4, -0.2) is 21.8 Å². The maximum atomic E-state index is 12.1. The Morgan fingerprint density at radius 1 is 1.08 bits per heavy atom. The van der Waals surface area contributed by atoms with Crippen LogP contribution in [0.5, 0.6) is 11.5 Å². The molecule has 0 saturated heterocycles. The average molecular weight is 368 g/mol. The van der Waals surface area contributed by atoms with E-state index in [4.69, 9.17) is 21.1 Å². The van der Waals surface area contributed by atoms with E-state index in [0.29, 0.717) is 23.6 Å². The van der Waals surface area contributed by atoms with Crippen LogP contribution in [-0.2, 0) is 22.2 Å². The minimum absolute atomic E-state index is 0.114. The van der Waals surface area contributed by atoms with Crippen molar-refractivity contribution < 1.29 is 17.9 Å². The molecule has 7 heteroatoms. The van der Waals surface area contributed by atoms with Gasteiger partial charge in [0.15, 0.2) is 11.5 Å². The summed E-state index contributed by atoms with van der Waals surface area (Å²) in [6, 6.07) is 12.7. The van der Waals surface area contributed by atoms with Crippen LogP contribution in [0.1, 0.15) is 17.5 Å². The third-order valence-corrected chi connectivity index (χ3v) is 5.41. The molecule has 2 aromatic rings. The fourth-order valence-corrected chi connectivity index (χ4v) is 3.99. The summed E-state index contributed by atoms with van der Waals surface area (Å²) in [5, 5.41) is 0.461. The highest BCUT2D eigenvalue weighted by Crippen LogP contribution is 2.32. The van der Waals surface area contributed by atoms with E-state index in [1.54, 1.807) is 24.3 Å². The highest BCUT2D eigenvalue weighted by atomic mass is 35.5. The molecule has 1 heterocycles. The van der Waals surface area contributed by atoms with Gasteiger partial charge in [-0.3, -0.25) is 0 Å². The van der Waals surface area contributed by atoms with E-state index in [2.05, 4.69) is 4.72 Å². The molecule has 2 aromatic carbocycles. The molecule has 24 heavy (non-hydrogen) atoms. The molecule has 0 spiro atoms. The van der Waals surface area contributed by atoms with Crippen molar-refractivity contribution in [1.82, 2.24) is 4.72 Å². The lowest BCUT2D eigenvalue weighted by Crippen LogP contribution is -2.26. The number of benzene rings is 2. The largest absolute Gasteiger partial charge is 0.454 e. The molecular weight excluding hydrogens is 350 g/mol. The number of hydrogen-bond acceptors (Lipinski definition) is 4. The Morgan fingerprint density at radius 2 is 1.88 bits per heavy atom. The van der Waals surface area contributed by atoms with Crippen molar-refractivity contribution in [2.75, 3.05) is 13.3 Å². The monoisotopic (exact) mass is 367 g/mol. The number of sulfonamides is 1. The van der Waals surface area contributed by atoms with Crippen molar-refractivity contribution in [2.45, 2.75) is 18.6 Å². The van der Waals surface area contributed by atoms with Gasteiger partial charge in [-0.05, 0) is 42.2 Å². The molecule has 1 N–H and O–H groups in total. The van der Waals surface area contributed by atoms with Gasteiger partial charge in [0.1, 0.15) is 0 Å². The molecule has 0 fully saturated rings. The first-order valence-corrected chi connectivity index (χ1v) is 9.66. The van der Waals surface area contributed by atoms with Gasteiger partial charge in [0.25, 0.3) is 0 Å². The van der Waals surface area contributed by atoms with Crippen LogP contribution >= 0.6 is 11.6 Å². The van der Waals surface area contributed by atoms with Gasteiger partial charge in [0, 0.05) is 11.6 Å². The van der Waals surface area contributed by atoms with E-state index in [9.17, 15) is 8.42 Å². The summed E-state index contributed by atoms with van der Waals surface area (Å²) in [6.45, 7) is 0.627. The van der Waals surface area contributed by atoms with Crippen molar-refractivity contribution in [3.63, 3.8) is 0 Å². The molecule has 0 aromatic heterocycles. The van der Waals surface area contributed by atoms with Crippen LogP contribution in [0.2, 0.25) is 5.02 Å². The van der Waals surface area contributed by atoms with Crippen LogP contribution in [0, 0.1) is 0 Å². The quantitative estimate of drug-likeness (QED) is 0.764. The lowest BCUT2D eigenvalue weighted by Gasteiger charge is -2.08. The number of halogens is 1. The van der Waals surface area contributed by atoms with Crippen LogP contribution < -0.4 is 14.2 Å². The van der Waals surface area contributed by atoms with Crippen LogP contribution in [0.25, 0.3) is 0 Å². The fourth-order valence-electron chi connectivity index (χ4n) is 2.49. The van der Waals surface area contributed by atoms with E-state index in [1.165, 1.54) is 0 Å². The van der Waals surface area contributed by atoms with Crippen molar-refractivity contribution in [2.24, 2.45) is 0 Å². The zero-order valence-corrected chi connectivity index (χ0v) is 14.6. The standard InChI is InChI=1S/C17H18ClNO4S/c18-15-6-2-1-5-14(15)11-24(20,21)19-9-3-4-13-7-8-16-17(10-13)23-12-22-16/h1-2,5-8,10,19H,3-4,9,11-12H2. The summed E-state index contributed by atoms with van der Waals surface area (Å²) in [4.78, 5) is 0. The number of rotatable bonds is 7. The third-order valence-electron chi connectivity index (χ3n) is 3.70. The van der Waals surface area contributed by atoms with Gasteiger partial charge in [0.2, 0.25) is 16.8 Å². The molecule has 0 bridgehead atoms. The first-order valence-electron chi connectivity index (χ1n) is 7.63. The van der Waals surface area contributed by atoms with Gasteiger partial charge in [0.05, 0.1) is 5.75 Å². The molecule has 0 unspecified atom stereocenters. The predicted octanol–water partition coefficient (Wildman–Crippen LogP) is 3.12. The highest BCUT2D eigenvalue weighted by molar-refractivity contribution is 7.88. The highest BCUT2D eigenvalue weighted by Gasteiger charge is 2.14. The number of nitrogens with one attached hydrogen (secondary N) is 1. The van der Waals surface area contributed by atoms with Crippen molar-refractivity contribution in [1.29, 1.82) is 0 Å². The van der Waals surface area contributed by atoms with Crippen LogP contribution in [0.3, 0.4) is 0 Å². The average Bonchev–Trinajstić information content (AvgIpc) is 3.01. The number of ether oxygens (including phenoxy) is 2. The minimum Gasteiger partial charge on any atom is -0.454 e. The van der Waals surface area contributed by atoms with Gasteiger partial charge in [-0.1, -0.05) is 35.9 Å². The van der Waals surface area contributed by atoms with Gasteiger partial charge in [-0.15, -0.1) is 0 Å². The summed E-state index contributed by atoms with van der Waals surface area (Å²) in [5.74, 6) is 1.38. The van der Waals surface area contributed by atoms with E-state index < -0.39 is 10.0 Å². The summed E-state index contributed by atoms with van der Waals surface area (Å²) in [5.41, 5.74) is 1.69. The Morgan fingerprint density at radius 3 is 2.71 bits per heavy atom. The second kappa shape index (κ2) is 7.42. The second-order valence-corrected chi connectivity index (χ2v) is 7.75. The molecule has 0 radical (unpaired) electrons. The van der Waals surface area contributed by atoms with Gasteiger partial charge >= 0.3 is 0 Å². The first-order chi connectivity index (χ1) is 11.5. The predicted molar refractivity (Wildman–Crippen MR) is 93.0 cm³/mol. The number of aryl methyl sites for hydroxylation is 1. The molecule has 0 amide bonds. The second-order valence-electron chi connectivity index (χ2n) is 5.54. The molecule has 128 valence electrons. The van der Waals surface area contributed by atoms with E-state index in [0.717, 1.165) is 23.5 Å². The summed E-state index contributed by atoms with van der Waals surface area (Å²) >= 11 is 6.00. The lowest BCUT2D eigenvalue weighted by atomic mass is 10.1. The molecule has 0 aliphatic carbocycles. The van der Waals surface area contributed by atoms with Gasteiger partial charge < -0.3 is 9.47 Å². The summed E-state index contributed by atoms with van der Waals surface area (Å²) in [6.07, 6.45) is 1.45. The Balaban J connectivity index is 1.48.